The predicted octanol–water partition coefficient (Wildman–Crippen LogP) is 2.47. The number of carboxylic acid groups (broad SMARTS) is 1. The van der Waals surface area contributed by atoms with Crippen molar-refractivity contribution >= 4 is 17.3 Å². The number of rotatable bonds is 4. The number of aryl methyl sites for hydroxylation is 2. The van der Waals surface area contributed by atoms with Crippen LogP contribution in [0.5, 0.6) is 0 Å². The smallest absolute Gasteiger partial charge is 0.348 e. The molecular formula is C15H18N2O3S. The molecule has 0 saturated heterocycles. The Labute approximate surface area is 126 Å². The van der Waals surface area contributed by atoms with Crippen LogP contribution in [0.4, 0.5) is 0 Å². The maximum atomic E-state index is 12.2. The quantitative estimate of drug-likeness (QED) is 0.942. The Balaban J connectivity index is 2.58. The first-order chi connectivity index (χ1) is 9.81. The number of aromatic nitrogens is 2. The second-order valence-corrected chi connectivity index (χ2v) is 6.43. The molecule has 2 rings (SSSR count). The van der Waals surface area contributed by atoms with E-state index < -0.39 is 5.97 Å². The summed E-state index contributed by atoms with van der Waals surface area (Å²) >= 11 is 1.63. The first-order valence-corrected chi connectivity index (χ1v) is 7.49. The molecule has 0 aromatic carbocycles. The third-order valence-electron chi connectivity index (χ3n) is 3.59. The van der Waals surface area contributed by atoms with Gasteiger partial charge in [0.15, 0.2) is 0 Å². The topological polar surface area (TPSA) is 72.2 Å². The summed E-state index contributed by atoms with van der Waals surface area (Å²) in [6.07, 6.45) is -0.124. The third kappa shape index (κ3) is 3.05. The van der Waals surface area contributed by atoms with Gasteiger partial charge in [-0.2, -0.15) is 4.98 Å². The summed E-state index contributed by atoms with van der Waals surface area (Å²) in [5.41, 5.74) is 1.44. The molecule has 2 heterocycles. The largest absolute Gasteiger partial charge is 0.481 e. The normalized spacial score (nSPS) is 12.4. The van der Waals surface area contributed by atoms with Crippen molar-refractivity contribution in [1.29, 1.82) is 0 Å². The molecule has 112 valence electrons. The standard InChI is InChI=1S/C15H18N2O3S/c1-8-5-6-13(21-8)11(4)17-10(3)12(7-14(18)19)9(2)16-15(17)20/h5-6,11H,7H2,1-4H3,(H,18,19). The zero-order chi connectivity index (χ0) is 15.7. The van der Waals surface area contributed by atoms with Crippen LogP contribution in [0.25, 0.3) is 0 Å². The molecular weight excluding hydrogens is 288 g/mol. The fourth-order valence-electron chi connectivity index (χ4n) is 2.48. The van der Waals surface area contributed by atoms with Crippen molar-refractivity contribution in [3.63, 3.8) is 0 Å². The molecule has 0 amide bonds. The monoisotopic (exact) mass is 306 g/mol. The Morgan fingerprint density at radius 3 is 2.57 bits per heavy atom. The number of hydrogen-bond acceptors (Lipinski definition) is 4. The van der Waals surface area contributed by atoms with Crippen LogP contribution >= 0.6 is 11.3 Å². The molecule has 0 aliphatic heterocycles. The van der Waals surface area contributed by atoms with Gasteiger partial charge in [-0.1, -0.05) is 0 Å². The molecule has 0 aliphatic carbocycles. The Morgan fingerprint density at radius 2 is 2.05 bits per heavy atom. The van der Waals surface area contributed by atoms with Gasteiger partial charge in [-0.25, -0.2) is 4.79 Å². The van der Waals surface area contributed by atoms with Crippen molar-refractivity contribution in [3.8, 4) is 0 Å². The number of thiophene rings is 1. The number of hydrogen-bond donors (Lipinski definition) is 1. The highest BCUT2D eigenvalue weighted by molar-refractivity contribution is 7.12. The number of nitrogens with zero attached hydrogens (tertiary/aromatic N) is 2. The average molecular weight is 306 g/mol. The van der Waals surface area contributed by atoms with Gasteiger partial charge in [0.25, 0.3) is 0 Å². The molecule has 0 spiro atoms. The van der Waals surface area contributed by atoms with Crippen LogP contribution in [0.1, 0.15) is 39.7 Å². The number of aliphatic carboxylic acids is 1. The minimum absolute atomic E-state index is 0.124. The van der Waals surface area contributed by atoms with E-state index >= 15 is 0 Å². The summed E-state index contributed by atoms with van der Waals surface area (Å²) in [7, 11) is 0. The molecule has 1 N–H and O–H groups in total. The summed E-state index contributed by atoms with van der Waals surface area (Å²) in [5.74, 6) is -0.923. The van der Waals surface area contributed by atoms with E-state index in [2.05, 4.69) is 4.98 Å². The van der Waals surface area contributed by atoms with Crippen molar-refractivity contribution in [1.82, 2.24) is 9.55 Å². The summed E-state index contributed by atoms with van der Waals surface area (Å²) in [6, 6.07) is 3.85. The minimum atomic E-state index is -0.923. The van der Waals surface area contributed by atoms with Gasteiger partial charge in [-0.15, -0.1) is 11.3 Å². The van der Waals surface area contributed by atoms with E-state index in [0.29, 0.717) is 17.0 Å². The molecule has 2 aromatic rings. The van der Waals surface area contributed by atoms with Crippen LogP contribution in [0, 0.1) is 20.8 Å². The van der Waals surface area contributed by atoms with Gasteiger partial charge in [0.1, 0.15) is 0 Å². The highest BCUT2D eigenvalue weighted by Gasteiger charge is 2.19. The highest BCUT2D eigenvalue weighted by atomic mass is 32.1. The Kier molecular flexibility index (Phi) is 4.27. The summed E-state index contributed by atoms with van der Waals surface area (Å²) in [4.78, 5) is 29.5. The van der Waals surface area contributed by atoms with E-state index in [9.17, 15) is 9.59 Å². The lowest BCUT2D eigenvalue weighted by molar-refractivity contribution is -0.136. The fraction of sp³-hybridized carbons (Fsp3) is 0.400. The van der Waals surface area contributed by atoms with Gasteiger partial charge in [0.05, 0.1) is 12.5 Å². The Morgan fingerprint density at radius 1 is 1.38 bits per heavy atom. The molecule has 0 saturated carbocycles. The van der Waals surface area contributed by atoms with Crippen LogP contribution in [0.3, 0.4) is 0 Å². The van der Waals surface area contributed by atoms with Crippen molar-refractivity contribution in [2.45, 2.75) is 40.2 Å². The molecule has 2 aromatic heterocycles. The first kappa shape index (κ1) is 15.4. The zero-order valence-corrected chi connectivity index (χ0v) is 13.3. The lowest BCUT2D eigenvalue weighted by Crippen LogP contribution is -2.30. The van der Waals surface area contributed by atoms with Crippen molar-refractivity contribution < 1.29 is 9.90 Å². The predicted molar refractivity (Wildman–Crippen MR) is 82.2 cm³/mol. The van der Waals surface area contributed by atoms with E-state index in [4.69, 9.17) is 5.11 Å². The average Bonchev–Trinajstić information content (AvgIpc) is 2.80. The van der Waals surface area contributed by atoms with E-state index in [1.54, 1.807) is 29.8 Å². The van der Waals surface area contributed by atoms with Crippen molar-refractivity contribution in [2.24, 2.45) is 0 Å². The second-order valence-electron chi connectivity index (χ2n) is 5.11. The molecule has 1 atom stereocenters. The molecule has 0 radical (unpaired) electrons. The molecule has 21 heavy (non-hydrogen) atoms. The van der Waals surface area contributed by atoms with Crippen LogP contribution in [-0.2, 0) is 11.2 Å². The summed E-state index contributed by atoms with van der Waals surface area (Å²) < 4.78 is 1.58. The van der Waals surface area contributed by atoms with Crippen LogP contribution in [-0.4, -0.2) is 20.6 Å². The zero-order valence-electron chi connectivity index (χ0n) is 12.5. The number of carbonyl (C=O) groups is 1. The van der Waals surface area contributed by atoms with E-state index in [1.807, 2.05) is 26.0 Å². The van der Waals surface area contributed by atoms with Crippen molar-refractivity contribution in [3.05, 3.63) is 49.3 Å². The van der Waals surface area contributed by atoms with Gasteiger partial charge in [0.2, 0.25) is 0 Å². The summed E-state index contributed by atoms with van der Waals surface area (Å²) in [5, 5.41) is 9.02. The van der Waals surface area contributed by atoms with Crippen LogP contribution < -0.4 is 5.69 Å². The lowest BCUT2D eigenvalue weighted by atomic mass is 10.1. The third-order valence-corrected chi connectivity index (χ3v) is 4.76. The molecule has 5 nitrogen and oxygen atoms in total. The molecule has 6 heteroatoms. The van der Waals surface area contributed by atoms with Gasteiger partial charge in [-0.05, 0) is 39.8 Å². The van der Waals surface area contributed by atoms with E-state index in [-0.39, 0.29) is 18.2 Å². The SMILES string of the molecule is Cc1ccc(C(C)n2c(C)c(CC(=O)O)c(C)nc2=O)s1. The van der Waals surface area contributed by atoms with Gasteiger partial charge in [-0.3, -0.25) is 9.36 Å². The highest BCUT2D eigenvalue weighted by Crippen LogP contribution is 2.26. The van der Waals surface area contributed by atoms with Gasteiger partial charge < -0.3 is 5.11 Å². The minimum Gasteiger partial charge on any atom is -0.481 e. The van der Waals surface area contributed by atoms with Crippen LogP contribution in [0.2, 0.25) is 0 Å². The van der Waals surface area contributed by atoms with Gasteiger partial charge >= 0.3 is 11.7 Å². The lowest BCUT2D eigenvalue weighted by Gasteiger charge is -2.19. The summed E-state index contributed by atoms with van der Waals surface area (Å²) in [6.45, 7) is 7.41. The first-order valence-electron chi connectivity index (χ1n) is 6.68. The van der Waals surface area contributed by atoms with Crippen molar-refractivity contribution in [2.75, 3.05) is 0 Å². The van der Waals surface area contributed by atoms with Crippen LogP contribution in [0.15, 0.2) is 16.9 Å². The maximum Gasteiger partial charge on any atom is 0.348 e. The molecule has 0 aliphatic rings. The maximum absolute atomic E-state index is 12.2. The molecule has 0 bridgehead atoms. The Bertz CT molecular complexity index is 746. The van der Waals surface area contributed by atoms with Gasteiger partial charge in [0, 0.05) is 26.7 Å². The van der Waals surface area contributed by atoms with E-state index in [0.717, 1.165) is 4.88 Å². The second kappa shape index (κ2) is 5.81. The fourth-order valence-corrected chi connectivity index (χ4v) is 3.40. The molecule has 0 fully saturated rings. The molecule has 1 unspecified atom stereocenters. The van der Waals surface area contributed by atoms with E-state index in [1.165, 1.54) is 4.88 Å². The Hall–Kier alpha value is -1.95. The number of carboxylic acids is 1.